The van der Waals surface area contributed by atoms with Crippen molar-refractivity contribution in [3.63, 3.8) is 0 Å². The average molecular weight is 371 g/mol. The Labute approximate surface area is 148 Å². The molecule has 0 spiro atoms. The van der Waals surface area contributed by atoms with Crippen LogP contribution in [0.4, 0.5) is 4.79 Å². The first-order valence-electron chi connectivity index (χ1n) is 7.30. The van der Waals surface area contributed by atoms with Gasteiger partial charge in [0, 0.05) is 16.5 Å². The number of aromatic nitrogens is 2. The molecule has 0 unspecified atom stereocenters. The molecule has 0 aliphatic carbocycles. The summed E-state index contributed by atoms with van der Waals surface area (Å²) in [7, 11) is 0. The molecule has 1 aromatic carbocycles. The number of para-hydroxylation sites is 2. The number of rotatable bonds is 2. The second kappa shape index (κ2) is 5.11. The van der Waals surface area contributed by atoms with Gasteiger partial charge in [-0.05, 0) is 18.2 Å². The summed E-state index contributed by atoms with van der Waals surface area (Å²) in [4.78, 5) is 30.7. The Kier molecular flexibility index (Phi) is 2.97. The first-order valence-corrected chi connectivity index (χ1v) is 9.06. The van der Waals surface area contributed by atoms with E-state index in [0.29, 0.717) is 5.57 Å². The van der Waals surface area contributed by atoms with Crippen molar-refractivity contribution in [2.45, 2.75) is 5.37 Å². The molecular formula is C16H9N3O4S2. The molecule has 1 amide bonds. The third kappa shape index (κ3) is 2.09. The normalized spacial score (nSPS) is 20.9. The van der Waals surface area contributed by atoms with Gasteiger partial charge in [0.1, 0.15) is 5.37 Å². The van der Waals surface area contributed by atoms with Gasteiger partial charge in [-0.3, -0.25) is 14.1 Å². The SMILES string of the molecule is O=C(O)OC1=CS[C@@H]2/C(=C\c3cn4c(nc5ccccc54)s3)C(=O)N12. The molecule has 0 saturated carbocycles. The van der Waals surface area contributed by atoms with Crippen molar-refractivity contribution in [2.75, 3.05) is 0 Å². The molecule has 5 rings (SSSR count). The molecule has 1 fully saturated rings. The molecule has 2 aliphatic heterocycles. The van der Waals surface area contributed by atoms with Crippen LogP contribution >= 0.6 is 23.1 Å². The zero-order valence-corrected chi connectivity index (χ0v) is 14.1. The van der Waals surface area contributed by atoms with Crippen LogP contribution in [-0.2, 0) is 9.53 Å². The van der Waals surface area contributed by atoms with Crippen molar-refractivity contribution >= 4 is 57.2 Å². The summed E-state index contributed by atoms with van der Waals surface area (Å²) in [6, 6.07) is 7.88. The molecule has 2 aromatic heterocycles. The standard InChI is InChI=1S/C16H9N3O4S2/c20-13-9(14-19(13)12(7-24-14)23-16(21)22)5-8-6-18-11-4-2-1-3-10(11)17-15(18)25-8/h1-7,14H,(H,21,22)/b9-5-/t14-/m1/s1. The number of thioether (sulfide) groups is 1. The van der Waals surface area contributed by atoms with Crippen LogP contribution in [0.25, 0.3) is 22.1 Å². The molecular weight excluding hydrogens is 362 g/mol. The highest BCUT2D eigenvalue weighted by molar-refractivity contribution is 8.03. The van der Waals surface area contributed by atoms with Gasteiger partial charge in [-0.15, -0.1) is 0 Å². The van der Waals surface area contributed by atoms with Crippen LogP contribution in [0.3, 0.4) is 0 Å². The van der Waals surface area contributed by atoms with Gasteiger partial charge in [-0.2, -0.15) is 0 Å². The summed E-state index contributed by atoms with van der Waals surface area (Å²) in [6.07, 6.45) is 2.37. The Hall–Kier alpha value is -2.78. The van der Waals surface area contributed by atoms with E-state index >= 15 is 0 Å². The summed E-state index contributed by atoms with van der Waals surface area (Å²) < 4.78 is 6.63. The van der Waals surface area contributed by atoms with E-state index in [1.54, 1.807) is 5.41 Å². The predicted octanol–water partition coefficient (Wildman–Crippen LogP) is 3.34. The summed E-state index contributed by atoms with van der Waals surface area (Å²) >= 11 is 2.85. The fourth-order valence-corrected chi connectivity index (χ4v) is 4.94. The second-order valence-electron chi connectivity index (χ2n) is 5.47. The second-order valence-corrected chi connectivity index (χ2v) is 7.47. The fraction of sp³-hybridized carbons (Fsp3) is 0.0625. The van der Waals surface area contributed by atoms with Crippen molar-refractivity contribution in [3.05, 3.63) is 52.2 Å². The molecule has 2 aliphatic rings. The Morgan fingerprint density at radius 3 is 3.04 bits per heavy atom. The van der Waals surface area contributed by atoms with E-state index in [9.17, 15) is 9.59 Å². The number of β-lactam (4-membered cyclic amide) rings is 1. The number of carbonyl (C=O) groups is 2. The van der Waals surface area contributed by atoms with Crippen LogP contribution in [0.2, 0.25) is 0 Å². The van der Waals surface area contributed by atoms with Gasteiger partial charge < -0.3 is 9.84 Å². The third-order valence-electron chi connectivity index (χ3n) is 4.02. The molecule has 9 heteroatoms. The van der Waals surface area contributed by atoms with Crippen molar-refractivity contribution in [2.24, 2.45) is 0 Å². The number of hydrogen-bond acceptors (Lipinski definition) is 6. The Balaban J connectivity index is 1.47. The van der Waals surface area contributed by atoms with E-state index < -0.39 is 6.16 Å². The Morgan fingerprint density at radius 2 is 2.20 bits per heavy atom. The lowest BCUT2D eigenvalue weighted by Gasteiger charge is -2.36. The van der Waals surface area contributed by atoms with Crippen molar-refractivity contribution in [1.29, 1.82) is 0 Å². The lowest BCUT2D eigenvalue weighted by atomic mass is 10.1. The van der Waals surface area contributed by atoms with E-state index in [4.69, 9.17) is 5.11 Å². The maximum atomic E-state index is 12.3. The fourth-order valence-electron chi connectivity index (χ4n) is 2.95. The first kappa shape index (κ1) is 14.6. The maximum absolute atomic E-state index is 12.3. The van der Waals surface area contributed by atoms with E-state index in [-0.39, 0.29) is 17.2 Å². The van der Waals surface area contributed by atoms with Crippen LogP contribution < -0.4 is 0 Å². The molecule has 0 bridgehead atoms. The highest BCUT2D eigenvalue weighted by Gasteiger charge is 2.49. The number of fused-ring (bicyclic) bond motifs is 4. The zero-order valence-electron chi connectivity index (χ0n) is 12.4. The smallest absolute Gasteiger partial charge is 0.449 e. The minimum Gasteiger partial charge on any atom is -0.449 e. The van der Waals surface area contributed by atoms with Gasteiger partial charge in [0.05, 0.1) is 16.6 Å². The van der Waals surface area contributed by atoms with E-state index in [1.807, 2.05) is 40.9 Å². The summed E-state index contributed by atoms with van der Waals surface area (Å²) in [5.41, 5.74) is 2.58. The third-order valence-corrected chi connectivity index (χ3v) is 6.01. The number of carbonyl (C=O) groups excluding carboxylic acids is 1. The minimum absolute atomic E-state index is 0.0663. The summed E-state index contributed by atoms with van der Waals surface area (Å²) in [5, 5.41) is 10.0. The summed E-state index contributed by atoms with van der Waals surface area (Å²) in [5.74, 6) is -0.171. The number of hydrogen-bond donors (Lipinski definition) is 1. The molecule has 1 saturated heterocycles. The number of thiazole rings is 1. The first-order chi connectivity index (χ1) is 12.1. The summed E-state index contributed by atoms with van der Waals surface area (Å²) in [6.45, 7) is 0. The molecule has 25 heavy (non-hydrogen) atoms. The molecule has 7 nitrogen and oxygen atoms in total. The van der Waals surface area contributed by atoms with Crippen LogP contribution in [0.1, 0.15) is 4.88 Å². The quantitative estimate of drug-likeness (QED) is 0.423. The van der Waals surface area contributed by atoms with Crippen molar-refractivity contribution < 1.29 is 19.4 Å². The van der Waals surface area contributed by atoms with Crippen LogP contribution in [-0.4, -0.2) is 36.8 Å². The van der Waals surface area contributed by atoms with E-state index in [2.05, 4.69) is 9.72 Å². The van der Waals surface area contributed by atoms with Gasteiger partial charge in [-0.25, -0.2) is 9.78 Å². The largest absolute Gasteiger partial charge is 0.512 e. The Morgan fingerprint density at radius 1 is 1.36 bits per heavy atom. The van der Waals surface area contributed by atoms with Gasteiger partial charge in [0.15, 0.2) is 4.96 Å². The van der Waals surface area contributed by atoms with Gasteiger partial charge >= 0.3 is 6.16 Å². The number of amides is 1. The molecule has 124 valence electrons. The van der Waals surface area contributed by atoms with Gasteiger partial charge in [0.25, 0.3) is 5.91 Å². The highest BCUT2D eigenvalue weighted by Crippen LogP contribution is 2.45. The number of nitrogens with zero attached hydrogens (tertiary/aromatic N) is 3. The molecule has 1 N–H and O–H groups in total. The maximum Gasteiger partial charge on any atom is 0.512 e. The van der Waals surface area contributed by atoms with Crippen molar-refractivity contribution in [3.8, 4) is 0 Å². The Bertz CT molecular complexity index is 1130. The molecule has 4 heterocycles. The molecule has 0 radical (unpaired) electrons. The minimum atomic E-state index is -1.43. The lowest BCUT2D eigenvalue weighted by Crippen LogP contribution is -2.50. The number of imidazole rings is 1. The van der Waals surface area contributed by atoms with Crippen molar-refractivity contribution in [1.82, 2.24) is 14.3 Å². The number of benzene rings is 1. The average Bonchev–Trinajstić information content (AvgIpc) is 3.22. The van der Waals surface area contributed by atoms with Crippen LogP contribution in [0.15, 0.2) is 47.3 Å². The number of ether oxygens (including phenoxy) is 1. The van der Waals surface area contributed by atoms with E-state index in [0.717, 1.165) is 20.9 Å². The predicted molar refractivity (Wildman–Crippen MR) is 94.0 cm³/mol. The van der Waals surface area contributed by atoms with Gasteiger partial charge in [-0.1, -0.05) is 35.2 Å². The van der Waals surface area contributed by atoms with E-state index in [1.165, 1.54) is 28.0 Å². The zero-order chi connectivity index (χ0) is 17.1. The lowest BCUT2D eigenvalue weighted by molar-refractivity contribution is -0.133. The molecule has 1 atom stereocenters. The topological polar surface area (TPSA) is 84.1 Å². The number of carboxylic acid groups (broad SMARTS) is 1. The monoisotopic (exact) mass is 371 g/mol. The highest BCUT2D eigenvalue weighted by atomic mass is 32.2. The van der Waals surface area contributed by atoms with Crippen LogP contribution in [0, 0.1) is 0 Å². The van der Waals surface area contributed by atoms with Crippen LogP contribution in [0.5, 0.6) is 0 Å². The van der Waals surface area contributed by atoms with Gasteiger partial charge in [0.2, 0.25) is 5.88 Å². The molecule has 3 aromatic rings.